The summed E-state index contributed by atoms with van der Waals surface area (Å²) in [5.41, 5.74) is 2.39. The molecule has 3 aliphatic heterocycles. The van der Waals surface area contributed by atoms with Crippen LogP contribution in [-0.4, -0.2) is 54.0 Å². The highest BCUT2D eigenvalue weighted by atomic mass is 16.5. The van der Waals surface area contributed by atoms with Crippen molar-refractivity contribution < 1.29 is 9.53 Å². The Morgan fingerprint density at radius 2 is 1.96 bits per heavy atom. The normalized spacial score (nSPS) is 26.0. The molecule has 2 fully saturated rings. The van der Waals surface area contributed by atoms with Crippen LogP contribution in [0.1, 0.15) is 56.6 Å². The smallest absolute Gasteiger partial charge is 0.227 e. The van der Waals surface area contributed by atoms with E-state index in [9.17, 15) is 4.79 Å². The average molecular weight is 357 g/mol. The molecular formula is C22H32N2O2. The number of piperidine rings is 1. The predicted octanol–water partition coefficient (Wildman–Crippen LogP) is 3.42. The lowest BCUT2D eigenvalue weighted by molar-refractivity contribution is -0.134. The molecule has 0 radical (unpaired) electrons. The van der Waals surface area contributed by atoms with E-state index in [4.69, 9.17) is 4.74 Å². The van der Waals surface area contributed by atoms with Gasteiger partial charge in [-0.3, -0.25) is 4.79 Å². The molecule has 0 N–H and O–H groups in total. The van der Waals surface area contributed by atoms with Crippen LogP contribution in [0.2, 0.25) is 0 Å². The van der Waals surface area contributed by atoms with E-state index in [-0.39, 0.29) is 6.10 Å². The predicted molar refractivity (Wildman–Crippen MR) is 104 cm³/mol. The van der Waals surface area contributed by atoms with Crippen molar-refractivity contribution in [1.82, 2.24) is 9.80 Å². The van der Waals surface area contributed by atoms with Crippen LogP contribution in [0.25, 0.3) is 0 Å². The van der Waals surface area contributed by atoms with Crippen molar-refractivity contribution in [2.75, 3.05) is 26.2 Å². The fourth-order valence-electron chi connectivity index (χ4n) is 4.83. The van der Waals surface area contributed by atoms with Crippen LogP contribution in [0.15, 0.2) is 18.2 Å². The Labute approximate surface area is 157 Å². The minimum atomic E-state index is 0.257. The second-order valence-electron chi connectivity index (χ2n) is 8.33. The van der Waals surface area contributed by atoms with E-state index in [1.807, 2.05) is 6.07 Å². The molecule has 2 atom stereocenters. The minimum Gasteiger partial charge on any atom is -0.490 e. The topological polar surface area (TPSA) is 32.8 Å². The van der Waals surface area contributed by atoms with Gasteiger partial charge in [0, 0.05) is 25.6 Å². The molecule has 1 aromatic rings. The summed E-state index contributed by atoms with van der Waals surface area (Å²) < 4.78 is 5.78. The summed E-state index contributed by atoms with van der Waals surface area (Å²) in [5, 5.41) is 0. The highest BCUT2D eigenvalue weighted by Crippen LogP contribution is 2.30. The third-order valence-corrected chi connectivity index (χ3v) is 6.24. The van der Waals surface area contributed by atoms with E-state index < -0.39 is 0 Å². The number of hydrogen-bond donors (Lipinski definition) is 0. The van der Waals surface area contributed by atoms with Crippen LogP contribution in [0.3, 0.4) is 0 Å². The first-order valence-electron chi connectivity index (χ1n) is 10.5. The molecule has 4 nitrogen and oxygen atoms in total. The van der Waals surface area contributed by atoms with Crippen molar-refractivity contribution in [3.63, 3.8) is 0 Å². The van der Waals surface area contributed by atoms with Gasteiger partial charge in [-0.05, 0) is 75.7 Å². The lowest BCUT2D eigenvalue weighted by Crippen LogP contribution is -2.45. The van der Waals surface area contributed by atoms with Gasteiger partial charge in [0.05, 0.1) is 6.42 Å². The van der Waals surface area contributed by atoms with Gasteiger partial charge < -0.3 is 14.5 Å². The van der Waals surface area contributed by atoms with Crippen LogP contribution in [0, 0.1) is 0 Å². The molecule has 142 valence electrons. The second-order valence-corrected chi connectivity index (χ2v) is 8.33. The molecule has 4 rings (SSSR count). The Bertz CT molecular complexity index is 639. The van der Waals surface area contributed by atoms with Gasteiger partial charge in [-0.15, -0.1) is 0 Å². The number of ether oxygens (including phenoxy) is 1. The van der Waals surface area contributed by atoms with Gasteiger partial charge in [-0.25, -0.2) is 0 Å². The standard InChI is InChI=1S/C22H32N2O2/c1-17-14-19-15-18(7-8-21(19)26-17)16-22(25)24-12-3-2-6-20(24)9-13-23-10-4-5-11-23/h7-8,15,17,20H,2-6,9-14,16H2,1H3/t17-,20+/m0/s1. The lowest BCUT2D eigenvalue weighted by atomic mass is 9.97. The van der Waals surface area contributed by atoms with Gasteiger partial charge in [-0.1, -0.05) is 12.1 Å². The zero-order valence-corrected chi connectivity index (χ0v) is 16.1. The summed E-state index contributed by atoms with van der Waals surface area (Å²) in [6, 6.07) is 6.73. The first-order chi connectivity index (χ1) is 12.7. The largest absolute Gasteiger partial charge is 0.490 e. The number of amides is 1. The SMILES string of the molecule is C[C@H]1Cc2cc(CC(=O)N3CCCC[C@@H]3CCN3CCCC3)ccc2O1. The van der Waals surface area contributed by atoms with Gasteiger partial charge in [0.1, 0.15) is 11.9 Å². The van der Waals surface area contributed by atoms with Gasteiger partial charge in [0.2, 0.25) is 5.91 Å². The summed E-state index contributed by atoms with van der Waals surface area (Å²) in [6.45, 7) is 6.69. The highest BCUT2D eigenvalue weighted by molar-refractivity contribution is 5.79. The minimum absolute atomic E-state index is 0.257. The number of rotatable bonds is 5. The average Bonchev–Trinajstić information content (AvgIpc) is 3.28. The Hall–Kier alpha value is -1.55. The number of nitrogens with zero attached hydrogens (tertiary/aromatic N) is 2. The fraction of sp³-hybridized carbons (Fsp3) is 0.682. The second kappa shape index (κ2) is 7.99. The Balaban J connectivity index is 1.36. The fourth-order valence-corrected chi connectivity index (χ4v) is 4.83. The molecule has 0 saturated carbocycles. The summed E-state index contributed by atoms with van der Waals surface area (Å²) in [6.07, 6.45) is 9.16. The van der Waals surface area contributed by atoms with Crippen molar-refractivity contribution in [1.29, 1.82) is 0 Å². The van der Waals surface area contributed by atoms with E-state index in [1.165, 1.54) is 44.3 Å². The Morgan fingerprint density at radius 3 is 2.81 bits per heavy atom. The Kier molecular flexibility index (Phi) is 5.49. The van der Waals surface area contributed by atoms with Crippen LogP contribution in [-0.2, 0) is 17.6 Å². The molecule has 26 heavy (non-hydrogen) atoms. The molecular weight excluding hydrogens is 324 g/mol. The molecule has 4 heteroatoms. The lowest BCUT2D eigenvalue weighted by Gasteiger charge is -2.37. The maximum atomic E-state index is 13.0. The third-order valence-electron chi connectivity index (χ3n) is 6.24. The molecule has 3 heterocycles. The van der Waals surface area contributed by atoms with E-state index >= 15 is 0 Å². The van der Waals surface area contributed by atoms with Gasteiger partial charge in [0.25, 0.3) is 0 Å². The van der Waals surface area contributed by atoms with E-state index in [2.05, 4.69) is 28.9 Å². The molecule has 3 aliphatic rings. The molecule has 0 spiro atoms. The molecule has 0 bridgehead atoms. The van der Waals surface area contributed by atoms with Crippen molar-refractivity contribution >= 4 is 5.91 Å². The molecule has 0 aliphatic carbocycles. The number of benzene rings is 1. The molecule has 0 unspecified atom stereocenters. The van der Waals surface area contributed by atoms with Crippen LogP contribution >= 0.6 is 0 Å². The molecule has 1 aromatic carbocycles. The molecule has 2 saturated heterocycles. The maximum Gasteiger partial charge on any atom is 0.227 e. The summed E-state index contributed by atoms with van der Waals surface area (Å²) in [7, 11) is 0. The number of fused-ring (bicyclic) bond motifs is 1. The van der Waals surface area contributed by atoms with Gasteiger partial charge >= 0.3 is 0 Å². The van der Waals surface area contributed by atoms with Crippen molar-refractivity contribution in [2.24, 2.45) is 0 Å². The highest BCUT2D eigenvalue weighted by Gasteiger charge is 2.28. The van der Waals surface area contributed by atoms with Crippen molar-refractivity contribution in [3.8, 4) is 5.75 Å². The monoisotopic (exact) mass is 356 g/mol. The Morgan fingerprint density at radius 1 is 1.15 bits per heavy atom. The summed E-state index contributed by atoms with van der Waals surface area (Å²) >= 11 is 0. The van der Waals surface area contributed by atoms with Gasteiger partial charge in [-0.2, -0.15) is 0 Å². The number of carbonyl (C=O) groups is 1. The van der Waals surface area contributed by atoms with E-state index in [1.54, 1.807) is 0 Å². The summed E-state index contributed by atoms with van der Waals surface area (Å²) in [5.74, 6) is 1.30. The zero-order valence-electron chi connectivity index (χ0n) is 16.1. The molecule has 0 aromatic heterocycles. The quantitative estimate of drug-likeness (QED) is 0.810. The van der Waals surface area contributed by atoms with Crippen molar-refractivity contribution in [2.45, 2.75) is 70.4 Å². The third kappa shape index (κ3) is 4.06. The van der Waals surface area contributed by atoms with Crippen LogP contribution in [0.5, 0.6) is 5.75 Å². The van der Waals surface area contributed by atoms with Crippen LogP contribution < -0.4 is 4.74 Å². The maximum absolute atomic E-state index is 13.0. The first kappa shape index (κ1) is 17.8. The van der Waals surface area contributed by atoms with Gasteiger partial charge in [0.15, 0.2) is 0 Å². The summed E-state index contributed by atoms with van der Waals surface area (Å²) in [4.78, 5) is 17.8. The van der Waals surface area contributed by atoms with E-state index in [0.29, 0.717) is 18.4 Å². The van der Waals surface area contributed by atoms with Crippen LogP contribution in [0.4, 0.5) is 0 Å². The number of likely N-dealkylation sites (tertiary alicyclic amines) is 2. The first-order valence-corrected chi connectivity index (χ1v) is 10.5. The number of carbonyl (C=O) groups excluding carboxylic acids is 1. The van der Waals surface area contributed by atoms with E-state index in [0.717, 1.165) is 43.7 Å². The number of hydrogen-bond acceptors (Lipinski definition) is 3. The molecule has 1 amide bonds. The zero-order chi connectivity index (χ0) is 17.9. The van der Waals surface area contributed by atoms with Crippen molar-refractivity contribution in [3.05, 3.63) is 29.3 Å².